The molecular formula is C17H22N2O5S. The van der Waals surface area contributed by atoms with Gasteiger partial charge in [-0.15, -0.1) is 0 Å². The standard InChI is InChI=1S/C17H22N2O5S/c1-2-25(21,22)19-16-9-4-3-8-15(16)17(20)18-10-6-11-23-13-14-7-5-12-24-14/h3-5,7-9,12,19H,2,6,10-11,13H2,1H3,(H,18,20). The molecule has 0 fully saturated rings. The Labute approximate surface area is 147 Å². The van der Waals surface area contributed by atoms with Gasteiger partial charge in [0, 0.05) is 13.2 Å². The summed E-state index contributed by atoms with van der Waals surface area (Å²) < 4.78 is 36.4. The summed E-state index contributed by atoms with van der Waals surface area (Å²) in [5.74, 6) is 0.359. The molecule has 8 heteroatoms. The van der Waals surface area contributed by atoms with Crippen LogP contribution in [0.5, 0.6) is 0 Å². The van der Waals surface area contributed by atoms with Crippen LogP contribution >= 0.6 is 0 Å². The SMILES string of the molecule is CCS(=O)(=O)Nc1ccccc1C(=O)NCCCOCc1ccco1. The van der Waals surface area contributed by atoms with E-state index in [-0.39, 0.29) is 22.9 Å². The molecule has 2 rings (SSSR count). The lowest BCUT2D eigenvalue weighted by Crippen LogP contribution is -2.27. The molecule has 0 aliphatic rings. The molecule has 1 aromatic heterocycles. The van der Waals surface area contributed by atoms with Gasteiger partial charge in [-0.05, 0) is 37.6 Å². The van der Waals surface area contributed by atoms with E-state index in [1.807, 2.05) is 6.07 Å². The fourth-order valence-corrected chi connectivity index (χ4v) is 2.71. The molecule has 2 N–H and O–H groups in total. The molecular weight excluding hydrogens is 344 g/mol. The fraction of sp³-hybridized carbons (Fsp3) is 0.353. The Balaban J connectivity index is 1.78. The van der Waals surface area contributed by atoms with Gasteiger partial charge in [0.15, 0.2) is 0 Å². The summed E-state index contributed by atoms with van der Waals surface area (Å²) in [5.41, 5.74) is 0.562. The smallest absolute Gasteiger partial charge is 0.253 e. The van der Waals surface area contributed by atoms with Crippen molar-refractivity contribution in [2.45, 2.75) is 20.0 Å². The zero-order valence-corrected chi connectivity index (χ0v) is 14.8. The van der Waals surface area contributed by atoms with E-state index in [9.17, 15) is 13.2 Å². The van der Waals surface area contributed by atoms with E-state index >= 15 is 0 Å². The molecule has 0 spiro atoms. The quantitative estimate of drug-likeness (QED) is 0.629. The number of nitrogens with one attached hydrogen (secondary N) is 2. The van der Waals surface area contributed by atoms with Crippen molar-refractivity contribution in [2.75, 3.05) is 23.6 Å². The normalized spacial score (nSPS) is 11.2. The molecule has 2 aromatic rings. The first-order valence-electron chi connectivity index (χ1n) is 7.99. The first-order chi connectivity index (χ1) is 12.0. The molecule has 0 bridgehead atoms. The largest absolute Gasteiger partial charge is 0.467 e. The van der Waals surface area contributed by atoms with Gasteiger partial charge < -0.3 is 14.5 Å². The minimum atomic E-state index is -3.44. The van der Waals surface area contributed by atoms with Gasteiger partial charge in [-0.1, -0.05) is 12.1 Å². The molecule has 1 heterocycles. The number of para-hydroxylation sites is 1. The lowest BCUT2D eigenvalue weighted by molar-refractivity contribution is 0.0917. The van der Waals surface area contributed by atoms with Crippen molar-refractivity contribution < 1.29 is 22.4 Å². The number of ether oxygens (including phenoxy) is 1. The zero-order valence-electron chi connectivity index (χ0n) is 14.0. The maximum absolute atomic E-state index is 12.3. The van der Waals surface area contributed by atoms with Gasteiger partial charge in [-0.2, -0.15) is 0 Å². The number of benzene rings is 1. The number of carbonyl (C=O) groups excluding carboxylic acids is 1. The Bertz CT molecular complexity index is 772. The number of amides is 1. The van der Waals surface area contributed by atoms with Crippen LogP contribution in [-0.2, 0) is 21.4 Å². The molecule has 0 unspecified atom stereocenters. The van der Waals surface area contributed by atoms with Crippen molar-refractivity contribution in [1.82, 2.24) is 5.32 Å². The van der Waals surface area contributed by atoms with E-state index in [4.69, 9.17) is 9.15 Å². The van der Waals surface area contributed by atoms with Gasteiger partial charge in [0.05, 0.1) is 23.3 Å². The van der Waals surface area contributed by atoms with E-state index in [1.165, 1.54) is 6.92 Å². The van der Waals surface area contributed by atoms with E-state index < -0.39 is 10.0 Å². The first kappa shape index (κ1) is 19.0. The topological polar surface area (TPSA) is 97.6 Å². The van der Waals surface area contributed by atoms with E-state index in [2.05, 4.69) is 10.0 Å². The highest BCUT2D eigenvalue weighted by Crippen LogP contribution is 2.16. The summed E-state index contributed by atoms with van der Waals surface area (Å²) in [7, 11) is -3.44. The van der Waals surface area contributed by atoms with Crippen molar-refractivity contribution in [3.8, 4) is 0 Å². The Morgan fingerprint density at radius 2 is 2.00 bits per heavy atom. The van der Waals surface area contributed by atoms with Gasteiger partial charge in [-0.25, -0.2) is 8.42 Å². The Morgan fingerprint density at radius 3 is 2.72 bits per heavy atom. The predicted octanol–water partition coefficient (Wildman–Crippen LogP) is 2.38. The van der Waals surface area contributed by atoms with Crippen molar-refractivity contribution in [3.63, 3.8) is 0 Å². The maximum atomic E-state index is 12.3. The zero-order chi connectivity index (χ0) is 18.1. The van der Waals surface area contributed by atoms with Crippen molar-refractivity contribution >= 4 is 21.6 Å². The van der Waals surface area contributed by atoms with Crippen molar-refractivity contribution in [1.29, 1.82) is 0 Å². The average molecular weight is 366 g/mol. The third-order valence-electron chi connectivity index (χ3n) is 3.39. The second-order valence-corrected chi connectivity index (χ2v) is 7.30. The van der Waals surface area contributed by atoms with Crippen LogP contribution < -0.4 is 10.0 Å². The Morgan fingerprint density at radius 1 is 1.20 bits per heavy atom. The number of anilines is 1. The highest BCUT2D eigenvalue weighted by molar-refractivity contribution is 7.92. The Hall–Kier alpha value is -2.32. The molecule has 0 aliphatic carbocycles. The predicted molar refractivity (Wildman–Crippen MR) is 94.8 cm³/mol. The van der Waals surface area contributed by atoms with Crippen LogP contribution in [0.25, 0.3) is 0 Å². The summed E-state index contributed by atoms with van der Waals surface area (Å²) in [6, 6.07) is 10.1. The third kappa shape index (κ3) is 6.24. The maximum Gasteiger partial charge on any atom is 0.253 e. The highest BCUT2D eigenvalue weighted by atomic mass is 32.2. The molecule has 25 heavy (non-hydrogen) atoms. The van der Waals surface area contributed by atoms with Gasteiger partial charge in [0.1, 0.15) is 12.4 Å². The number of rotatable bonds is 10. The van der Waals surface area contributed by atoms with Gasteiger partial charge >= 0.3 is 0 Å². The number of furan rings is 1. The second-order valence-electron chi connectivity index (χ2n) is 5.29. The summed E-state index contributed by atoms with van der Waals surface area (Å²) in [6.07, 6.45) is 2.22. The van der Waals surface area contributed by atoms with Gasteiger partial charge in [-0.3, -0.25) is 9.52 Å². The highest BCUT2D eigenvalue weighted by Gasteiger charge is 2.14. The van der Waals surface area contributed by atoms with E-state index in [0.29, 0.717) is 26.2 Å². The van der Waals surface area contributed by atoms with Gasteiger partial charge in [0.2, 0.25) is 10.0 Å². The molecule has 0 saturated heterocycles. The van der Waals surface area contributed by atoms with Crippen LogP contribution in [0.1, 0.15) is 29.5 Å². The molecule has 1 aromatic carbocycles. The molecule has 7 nitrogen and oxygen atoms in total. The minimum Gasteiger partial charge on any atom is -0.467 e. The van der Waals surface area contributed by atoms with Crippen LogP contribution in [0, 0.1) is 0 Å². The number of hydrogen-bond acceptors (Lipinski definition) is 5. The van der Waals surface area contributed by atoms with Crippen LogP contribution in [0.4, 0.5) is 5.69 Å². The van der Waals surface area contributed by atoms with Crippen LogP contribution in [-0.4, -0.2) is 33.2 Å². The van der Waals surface area contributed by atoms with Crippen LogP contribution in [0.3, 0.4) is 0 Å². The molecule has 0 aliphatic heterocycles. The summed E-state index contributed by atoms with van der Waals surface area (Å²) >= 11 is 0. The lowest BCUT2D eigenvalue weighted by Gasteiger charge is -2.12. The van der Waals surface area contributed by atoms with Crippen molar-refractivity contribution in [2.24, 2.45) is 0 Å². The third-order valence-corrected chi connectivity index (χ3v) is 4.68. The first-order valence-corrected chi connectivity index (χ1v) is 9.65. The molecule has 136 valence electrons. The molecule has 0 atom stereocenters. The lowest BCUT2D eigenvalue weighted by atomic mass is 10.1. The second kappa shape index (κ2) is 9.24. The number of carbonyl (C=O) groups is 1. The van der Waals surface area contributed by atoms with E-state index in [1.54, 1.807) is 36.6 Å². The number of sulfonamides is 1. The van der Waals surface area contributed by atoms with Crippen molar-refractivity contribution in [3.05, 3.63) is 54.0 Å². The van der Waals surface area contributed by atoms with Crippen LogP contribution in [0.2, 0.25) is 0 Å². The average Bonchev–Trinajstić information content (AvgIpc) is 3.11. The van der Waals surface area contributed by atoms with Crippen LogP contribution in [0.15, 0.2) is 47.1 Å². The van der Waals surface area contributed by atoms with E-state index in [0.717, 1.165) is 5.76 Å². The number of hydrogen-bond donors (Lipinski definition) is 2. The summed E-state index contributed by atoms with van der Waals surface area (Å²) in [5, 5.41) is 2.76. The summed E-state index contributed by atoms with van der Waals surface area (Å²) in [6.45, 7) is 2.83. The summed E-state index contributed by atoms with van der Waals surface area (Å²) in [4.78, 5) is 12.3. The minimum absolute atomic E-state index is 0.0596. The fourth-order valence-electron chi connectivity index (χ4n) is 2.05. The molecule has 0 radical (unpaired) electrons. The van der Waals surface area contributed by atoms with Gasteiger partial charge in [0.25, 0.3) is 5.91 Å². The monoisotopic (exact) mass is 366 g/mol. The molecule has 1 amide bonds. The molecule has 0 saturated carbocycles. The Kier molecular flexibility index (Phi) is 7.03.